The molecule has 0 fully saturated rings. The van der Waals surface area contributed by atoms with Crippen molar-refractivity contribution in [3.63, 3.8) is 0 Å². The monoisotopic (exact) mass is 522 g/mol. The molecule has 9 heteroatoms. The summed E-state index contributed by atoms with van der Waals surface area (Å²) in [6.07, 6.45) is 3.56. The van der Waals surface area contributed by atoms with E-state index >= 15 is 0 Å². The summed E-state index contributed by atoms with van der Waals surface area (Å²) in [6.45, 7) is 0.415. The van der Waals surface area contributed by atoms with Gasteiger partial charge in [0, 0.05) is 17.6 Å². The summed E-state index contributed by atoms with van der Waals surface area (Å²) < 4.78 is 9.38. The van der Waals surface area contributed by atoms with Gasteiger partial charge in [-0.25, -0.2) is 9.97 Å². The molecule has 0 spiro atoms. The average Bonchev–Trinajstić information content (AvgIpc) is 3.39. The summed E-state index contributed by atoms with van der Waals surface area (Å²) in [5.41, 5.74) is 9.20. The quantitative estimate of drug-likeness (QED) is 0.171. The Balaban J connectivity index is 1.23. The number of hydrogen-bond acceptors (Lipinski definition) is 7. The van der Waals surface area contributed by atoms with Crippen molar-refractivity contribution in [2.24, 2.45) is 0 Å². The first-order valence-electron chi connectivity index (χ1n) is 12.0. The summed E-state index contributed by atoms with van der Waals surface area (Å²) in [7, 11) is 0. The van der Waals surface area contributed by atoms with Crippen molar-refractivity contribution >= 4 is 29.6 Å². The Labute approximate surface area is 224 Å². The van der Waals surface area contributed by atoms with E-state index in [4.69, 9.17) is 10.5 Å². The van der Waals surface area contributed by atoms with Gasteiger partial charge in [0.25, 0.3) is 0 Å². The van der Waals surface area contributed by atoms with Crippen molar-refractivity contribution in [2.75, 3.05) is 10.5 Å². The number of hydrogen-bond donors (Lipinski definition) is 4. The Kier molecular flexibility index (Phi) is 7.86. The number of imidazole rings is 1. The third-order valence-electron chi connectivity index (χ3n) is 5.60. The highest BCUT2D eigenvalue weighted by molar-refractivity contribution is 8.00. The van der Waals surface area contributed by atoms with E-state index in [1.807, 2.05) is 91.0 Å². The van der Waals surface area contributed by atoms with Crippen LogP contribution in [0.3, 0.4) is 0 Å². The molecule has 5 aromatic rings. The number of anilines is 2. The SMILES string of the molecule is Nc1ncc(-c2ccc(CNC(=O)Cc3cnc(NSc4ccccc4)c(Oc4ccccc4)c3)cc2)[nH]1. The predicted molar refractivity (Wildman–Crippen MR) is 151 cm³/mol. The molecule has 0 bridgehead atoms. The molecule has 8 nitrogen and oxygen atoms in total. The minimum atomic E-state index is -0.109. The second-order valence-corrected chi connectivity index (χ2v) is 9.33. The fraction of sp³-hybridized carbons (Fsp3) is 0.0690. The number of rotatable bonds is 10. The maximum Gasteiger partial charge on any atom is 0.224 e. The normalized spacial score (nSPS) is 10.6. The van der Waals surface area contributed by atoms with Crippen LogP contribution < -0.4 is 20.5 Å². The third kappa shape index (κ3) is 6.71. The molecule has 2 aromatic heterocycles. The number of pyridine rings is 1. The van der Waals surface area contributed by atoms with Crippen LogP contribution in [0.15, 0.2) is 108 Å². The first-order valence-corrected chi connectivity index (χ1v) is 12.8. The van der Waals surface area contributed by atoms with Crippen molar-refractivity contribution in [3.05, 3.63) is 115 Å². The van der Waals surface area contributed by atoms with E-state index in [2.05, 4.69) is 25.0 Å². The van der Waals surface area contributed by atoms with Gasteiger partial charge in [-0.1, -0.05) is 60.7 Å². The molecule has 0 aliphatic rings. The maximum absolute atomic E-state index is 12.7. The lowest BCUT2D eigenvalue weighted by Gasteiger charge is -2.13. The van der Waals surface area contributed by atoms with Crippen molar-refractivity contribution in [1.82, 2.24) is 20.3 Å². The molecule has 0 aliphatic heterocycles. The van der Waals surface area contributed by atoms with Gasteiger partial charge in [-0.15, -0.1) is 0 Å². The summed E-state index contributed by atoms with van der Waals surface area (Å²) in [5, 5.41) is 2.97. The van der Waals surface area contributed by atoms with Gasteiger partial charge in [0.15, 0.2) is 17.5 Å². The van der Waals surface area contributed by atoms with Crippen LogP contribution in [0, 0.1) is 0 Å². The summed E-state index contributed by atoms with van der Waals surface area (Å²) >= 11 is 1.44. The fourth-order valence-electron chi connectivity index (χ4n) is 3.68. The lowest BCUT2D eigenvalue weighted by molar-refractivity contribution is -0.120. The molecule has 0 saturated carbocycles. The van der Waals surface area contributed by atoms with Gasteiger partial charge in [-0.3, -0.25) is 4.79 Å². The van der Waals surface area contributed by atoms with Gasteiger partial charge in [-0.05, 0) is 59.0 Å². The van der Waals surface area contributed by atoms with Crippen LogP contribution in [-0.4, -0.2) is 20.9 Å². The number of H-pyrrole nitrogens is 1. The van der Waals surface area contributed by atoms with Crippen molar-refractivity contribution in [1.29, 1.82) is 0 Å². The van der Waals surface area contributed by atoms with Crippen LogP contribution in [0.1, 0.15) is 11.1 Å². The molecule has 0 radical (unpaired) electrons. The zero-order valence-electron chi connectivity index (χ0n) is 20.4. The van der Waals surface area contributed by atoms with Crippen LogP contribution in [0.5, 0.6) is 11.5 Å². The molecule has 2 heterocycles. The highest BCUT2D eigenvalue weighted by Gasteiger charge is 2.12. The minimum absolute atomic E-state index is 0.109. The highest BCUT2D eigenvalue weighted by atomic mass is 32.2. The summed E-state index contributed by atoms with van der Waals surface area (Å²) in [4.78, 5) is 25.3. The number of carbonyl (C=O) groups excluding carboxylic acids is 1. The van der Waals surface area contributed by atoms with Gasteiger partial charge < -0.3 is 25.5 Å². The van der Waals surface area contributed by atoms with E-state index in [1.165, 1.54) is 11.9 Å². The lowest BCUT2D eigenvalue weighted by atomic mass is 10.1. The molecule has 0 aliphatic carbocycles. The lowest BCUT2D eigenvalue weighted by Crippen LogP contribution is -2.24. The van der Waals surface area contributed by atoms with Crippen LogP contribution in [0.4, 0.5) is 11.8 Å². The number of benzene rings is 3. The Hall–Kier alpha value is -4.76. The Morgan fingerprint density at radius 1 is 0.895 bits per heavy atom. The Bertz CT molecular complexity index is 1490. The topological polar surface area (TPSA) is 118 Å². The highest BCUT2D eigenvalue weighted by Crippen LogP contribution is 2.32. The minimum Gasteiger partial charge on any atom is -0.453 e. The number of nitrogens with zero attached hydrogens (tertiary/aromatic N) is 2. The zero-order chi connectivity index (χ0) is 26.2. The predicted octanol–water partition coefficient (Wildman–Crippen LogP) is 5.82. The van der Waals surface area contributed by atoms with Gasteiger partial charge in [0.1, 0.15) is 5.75 Å². The van der Waals surface area contributed by atoms with Gasteiger partial charge in [-0.2, -0.15) is 0 Å². The second-order valence-electron chi connectivity index (χ2n) is 8.46. The Morgan fingerprint density at radius 2 is 1.63 bits per heavy atom. The number of aromatic nitrogens is 3. The number of aromatic amines is 1. The van der Waals surface area contributed by atoms with Crippen LogP contribution in [0.2, 0.25) is 0 Å². The van der Waals surface area contributed by atoms with Crippen molar-refractivity contribution < 1.29 is 9.53 Å². The van der Waals surface area contributed by atoms with Crippen LogP contribution in [0.25, 0.3) is 11.3 Å². The molecule has 3 aromatic carbocycles. The number of carbonyl (C=O) groups is 1. The van der Waals surface area contributed by atoms with Crippen molar-refractivity contribution in [2.45, 2.75) is 17.9 Å². The largest absolute Gasteiger partial charge is 0.453 e. The van der Waals surface area contributed by atoms with Crippen LogP contribution in [-0.2, 0) is 17.8 Å². The molecule has 1 amide bonds. The molecular formula is C29H26N6O2S. The fourth-order valence-corrected chi connectivity index (χ4v) is 4.34. The molecular weight excluding hydrogens is 496 g/mol. The number of nitrogen functional groups attached to an aromatic ring is 1. The number of ether oxygens (including phenoxy) is 1. The number of amides is 1. The Morgan fingerprint density at radius 3 is 2.34 bits per heavy atom. The van der Waals surface area contributed by atoms with E-state index in [9.17, 15) is 4.79 Å². The third-order valence-corrected chi connectivity index (χ3v) is 6.41. The first-order chi connectivity index (χ1) is 18.6. The first kappa shape index (κ1) is 24.9. The number of nitrogens with two attached hydrogens (primary N) is 1. The van der Waals surface area contributed by atoms with E-state index in [1.54, 1.807) is 12.4 Å². The molecule has 0 atom stereocenters. The molecule has 5 N–H and O–H groups in total. The second kappa shape index (κ2) is 12.0. The average molecular weight is 523 g/mol. The van der Waals surface area contributed by atoms with E-state index in [-0.39, 0.29) is 12.3 Å². The zero-order valence-corrected chi connectivity index (χ0v) is 21.2. The molecule has 38 heavy (non-hydrogen) atoms. The van der Waals surface area contributed by atoms with E-state index in [0.29, 0.717) is 29.8 Å². The van der Waals surface area contributed by atoms with Gasteiger partial charge >= 0.3 is 0 Å². The molecule has 0 unspecified atom stereocenters. The molecule has 5 rings (SSSR count). The van der Waals surface area contributed by atoms with E-state index < -0.39 is 0 Å². The number of nitrogens with one attached hydrogen (secondary N) is 3. The van der Waals surface area contributed by atoms with Crippen molar-refractivity contribution in [3.8, 4) is 22.8 Å². The van der Waals surface area contributed by atoms with Gasteiger partial charge in [0.05, 0.1) is 18.3 Å². The van der Waals surface area contributed by atoms with Crippen LogP contribution >= 0.6 is 11.9 Å². The van der Waals surface area contributed by atoms with Gasteiger partial charge in [0.2, 0.25) is 5.91 Å². The summed E-state index contributed by atoms with van der Waals surface area (Å²) in [6, 6.07) is 29.1. The molecule has 190 valence electrons. The summed E-state index contributed by atoms with van der Waals surface area (Å²) in [5.74, 6) is 2.07. The smallest absolute Gasteiger partial charge is 0.224 e. The molecule has 0 saturated heterocycles. The maximum atomic E-state index is 12.7. The van der Waals surface area contributed by atoms with E-state index in [0.717, 1.165) is 27.3 Å². The number of para-hydroxylation sites is 1. The standard InChI is InChI=1S/C29H26N6O2S/c30-29-33-19-25(34-29)22-13-11-20(12-14-22)17-31-27(36)16-21-15-26(37-23-7-3-1-4-8-23)28(32-18-21)35-38-24-9-5-2-6-10-24/h1-15,18-19H,16-17H2,(H,31,36)(H,32,35)(H3,30,33,34).